The monoisotopic (exact) mass is 452 g/mol. The van der Waals surface area contributed by atoms with Gasteiger partial charge in [-0.1, -0.05) is 49.9 Å². The molecule has 1 aliphatic carbocycles. The molecule has 0 saturated heterocycles. The second kappa shape index (κ2) is 10.2. The van der Waals surface area contributed by atoms with Crippen molar-refractivity contribution < 1.29 is 9.59 Å². The van der Waals surface area contributed by atoms with Crippen molar-refractivity contribution >= 4 is 23.2 Å². The van der Waals surface area contributed by atoms with Gasteiger partial charge in [0, 0.05) is 23.9 Å². The first-order valence-electron chi connectivity index (χ1n) is 12.2. The van der Waals surface area contributed by atoms with E-state index < -0.39 is 0 Å². The number of rotatable bonds is 7. The summed E-state index contributed by atoms with van der Waals surface area (Å²) in [5.41, 5.74) is 3.62. The molecule has 0 spiro atoms. The highest BCUT2D eigenvalue weighted by Crippen LogP contribution is 2.39. The lowest BCUT2D eigenvalue weighted by atomic mass is 9.90. The fourth-order valence-electron chi connectivity index (χ4n) is 5.38. The van der Waals surface area contributed by atoms with E-state index in [-0.39, 0.29) is 30.4 Å². The highest BCUT2D eigenvalue weighted by molar-refractivity contribution is 7.10. The maximum atomic E-state index is 13.6. The van der Waals surface area contributed by atoms with Gasteiger partial charge in [0.2, 0.25) is 11.8 Å². The van der Waals surface area contributed by atoms with Crippen LogP contribution >= 0.6 is 11.3 Å². The Hall–Kier alpha value is -2.14. The van der Waals surface area contributed by atoms with E-state index in [4.69, 9.17) is 0 Å². The summed E-state index contributed by atoms with van der Waals surface area (Å²) in [6.45, 7) is 7.03. The van der Waals surface area contributed by atoms with Crippen molar-refractivity contribution in [2.45, 2.75) is 77.8 Å². The van der Waals surface area contributed by atoms with Gasteiger partial charge in [-0.3, -0.25) is 9.59 Å². The van der Waals surface area contributed by atoms with E-state index in [1.54, 1.807) is 16.2 Å². The SMILES string of the molecule is Cc1ccccc1C1c2ccsc2CCN1C(=O)CN(C(=O)CCC1CCCC1)C(C)C. The van der Waals surface area contributed by atoms with Crippen LogP contribution < -0.4 is 0 Å². The number of carbonyl (C=O) groups excluding carboxylic acids is 2. The Labute approximate surface area is 196 Å². The topological polar surface area (TPSA) is 40.6 Å². The molecule has 1 unspecified atom stereocenters. The Bertz CT molecular complexity index is 945. The molecular weight excluding hydrogens is 416 g/mol. The van der Waals surface area contributed by atoms with Crippen LogP contribution in [0, 0.1) is 12.8 Å². The average Bonchev–Trinajstić information content (AvgIpc) is 3.47. The van der Waals surface area contributed by atoms with E-state index in [0.29, 0.717) is 18.9 Å². The predicted molar refractivity (Wildman–Crippen MR) is 131 cm³/mol. The van der Waals surface area contributed by atoms with Crippen LogP contribution in [0.3, 0.4) is 0 Å². The Kier molecular flexibility index (Phi) is 7.34. The normalized spacial score (nSPS) is 18.8. The van der Waals surface area contributed by atoms with Crippen LogP contribution in [0.4, 0.5) is 0 Å². The highest BCUT2D eigenvalue weighted by Gasteiger charge is 2.35. The predicted octanol–water partition coefficient (Wildman–Crippen LogP) is 5.74. The zero-order valence-corrected chi connectivity index (χ0v) is 20.5. The first kappa shape index (κ1) is 23.0. The molecule has 2 aliphatic rings. The molecule has 2 aromatic rings. The van der Waals surface area contributed by atoms with E-state index in [2.05, 4.69) is 36.6 Å². The fourth-order valence-corrected chi connectivity index (χ4v) is 6.28. The second-order valence-electron chi connectivity index (χ2n) is 9.70. The molecule has 0 bridgehead atoms. The summed E-state index contributed by atoms with van der Waals surface area (Å²) in [5, 5.41) is 2.14. The zero-order chi connectivity index (χ0) is 22.7. The third-order valence-corrected chi connectivity index (χ3v) is 8.26. The summed E-state index contributed by atoms with van der Waals surface area (Å²) in [7, 11) is 0. The molecule has 1 aromatic carbocycles. The summed E-state index contributed by atoms with van der Waals surface area (Å²) in [5.74, 6) is 0.868. The molecule has 4 rings (SSSR count). The first-order chi connectivity index (χ1) is 15.5. The summed E-state index contributed by atoms with van der Waals surface area (Å²) >= 11 is 1.78. The Balaban J connectivity index is 1.52. The molecule has 1 aliphatic heterocycles. The lowest BCUT2D eigenvalue weighted by Gasteiger charge is -2.38. The fraction of sp³-hybridized carbons (Fsp3) is 0.556. The number of hydrogen-bond acceptors (Lipinski definition) is 3. The number of amides is 2. The number of benzene rings is 1. The molecule has 0 N–H and O–H groups in total. The number of carbonyl (C=O) groups is 2. The molecule has 1 aromatic heterocycles. The highest BCUT2D eigenvalue weighted by atomic mass is 32.1. The standard InChI is InChI=1S/C27H36N2O2S/c1-19(2)29(25(30)13-12-21-9-5-6-10-21)18-26(31)28-16-14-24-23(15-17-32-24)27(28)22-11-7-4-8-20(22)3/h4,7-8,11,15,17,19,21,27H,5-6,9-10,12-14,16,18H2,1-3H3. The molecule has 1 saturated carbocycles. The molecule has 1 atom stereocenters. The molecule has 172 valence electrons. The van der Waals surface area contributed by atoms with Gasteiger partial charge in [-0.05, 0) is 67.7 Å². The maximum absolute atomic E-state index is 13.6. The van der Waals surface area contributed by atoms with E-state index in [0.717, 1.165) is 12.8 Å². The lowest BCUT2D eigenvalue weighted by Crippen LogP contribution is -2.48. The van der Waals surface area contributed by atoms with Gasteiger partial charge in [-0.25, -0.2) is 0 Å². The minimum atomic E-state index is -0.0682. The molecule has 2 amide bonds. The Morgan fingerprint density at radius 3 is 2.59 bits per heavy atom. The lowest BCUT2D eigenvalue weighted by molar-refractivity contribution is -0.143. The van der Waals surface area contributed by atoms with Crippen LogP contribution in [0.25, 0.3) is 0 Å². The molecule has 4 nitrogen and oxygen atoms in total. The van der Waals surface area contributed by atoms with Crippen molar-refractivity contribution in [2.24, 2.45) is 5.92 Å². The number of nitrogens with zero attached hydrogens (tertiary/aromatic N) is 2. The van der Waals surface area contributed by atoms with Crippen molar-refractivity contribution in [3.8, 4) is 0 Å². The van der Waals surface area contributed by atoms with Crippen molar-refractivity contribution in [1.82, 2.24) is 9.80 Å². The van der Waals surface area contributed by atoms with E-state index >= 15 is 0 Å². The molecule has 5 heteroatoms. The quantitative estimate of drug-likeness (QED) is 0.538. The first-order valence-corrected chi connectivity index (χ1v) is 13.0. The van der Waals surface area contributed by atoms with Crippen molar-refractivity contribution in [2.75, 3.05) is 13.1 Å². The number of aryl methyl sites for hydroxylation is 1. The summed E-state index contributed by atoms with van der Waals surface area (Å²) < 4.78 is 0. The van der Waals surface area contributed by atoms with Gasteiger partial charge < -0.3 is 9.80 Å². The zero-order valence-electron chi connectivity index (χ0n) is 19.7. The van der Waals surface area contributed by atoms with Gasteiger partial charge in [-0.15, -0.1) is 11.3 Å². The molecule has 2 heterocycles. The van der Waals surface area contributed by atoms with Gasteiger partial charge in [-0.2, -0.15) is 0 Å². The van der Waals surface area contributed by atoms with E-state index in [1.807, 2.05) is 24.8 Å². The molecular formula is C27H36N2O2S. The van der Waals surface area contributed by atoms with E-state index in [1.165, 1.54) is 47.3 Å². The van der Waals surface area contributed by atoms with Gasteiger partial charge >= 0.3 is 0 Å². The number of thiophene rings is 1. The summed E-state index contributed by atoms with van der Waals surface area (Å²) in [6.07, 6.45) is 7.51. The van der Waals surface area contributed by atoms with Crippen molar-refractivity contribution in [1.29, 1.82) is 0 Å². The minimum absolute atomic E-state index is 0.0217. The van der Waals surface area contributed by atoms with Gasteiger partial charge in [0.05, 0.1) is 6.04 Å². The van der Waals surface area contributed by atoms with Crippen molar-refractivity contribution in [3.05, 3.63) is 57.3 Å². The Morgan fingerprint density at radius 2 is 1.88 bits per heavy atom. The van der Waals surface area contributed by atoms with Crippen LogP contribution in [0.15, 0.2) is 35.7 Å². The number of hydrogen-bond donors (Lipinski definition) is 0. The summed E-state index contributed by atoms with van der Waals surface area (Å²) in [6, 6.07) is 10.5. The van der Waals surface area contributed by atoms with E-state index in [9.17, 15) is 9.59 Å². The van der Waals surface area contributed by atoms with Crippen LogP contribution in [0.2, 0.25) is 0 Å². The third-order valence-electron chi connectivity index (χ3n) is 7.26. The van der Waals surface area contributed by atoms with Crippen LogP contribution in [-0.4, -0.2) is 40.7 Å². The third kappa shape index (κ3) is 4.93. The summed E-state index contributed by atoms with van der Waals surface area (Å²) in [4.78, 5) is 31.9. The number of fused-ring (bicyclic) bond motifs is 1. The largest absolute Gasteiger partial charge is 0.331 e. The second-order valence-corrected chi connectivity index (χ2v) is 10.7. The van der Waals surface area contributed by atoms with Gasteiger partial charge in [0.15, 0.2) is 0 Å². The van der Waals surface area contributed by atoms with Crippen LogP contribution in [0.1, 0.15) is 80.0 Å². The molecule has 1 fully saturated rings. The van der Waals surface area contributed by atoms with Gasteiger partial charge in [0.1, 0.15) is 6.54 Å². The maximum Gasteiger partial charge on any atom is 0.243 e. The van der Waals surface area contributed by atoms with Gasteiger partial charge in [0.25, 0.3) is 0 Å². The molecule has 0 radical (unpaired) electrons. The molecule has 32 heavy (non-hydrogen) atoms. The van der Waals surface area contributed by atoms with Crippen LogP contribution in [-0.2, 0) is 16.0 Å². The Morgan fingerprint density at radius 1 is 1.12 bits per heavy atom. The minimum Gasteiger partial charge on any atom is -0.331 e. The van der Waals surface area contributed by atoms with Crippen molar-refractivity contribution in [3.63, 3.8) is 0 Å². The average molecular weight is 453 g/mol. The smallest absolute Gasteiger partial charge is 0.243 e. The van der Waals surface area contributed by atoms with Crippen LogP contribution in [0.5, 0.6) is 0 Å².